The van der Waals surface area contributed by atoms with Gasteiger partial charge in [0.15, 0.2) is 0 Å². The van der Waals surface area contributed by atoms with E-state index in [1.54, 1.807) is 0 Å². The lowest BCUT2D eigenvalue weighted by molar-refractivity contribution is 0.562. The highest BCUT2D eigenvalue weighted by atomic mass is 16.1. The maximum atomic E-state index is 8.35. The van der Waals surface area contributed by atoms with Crippen molar-refractivity contribution in [1.82, 2.24) is 0 Å². The van der Waals surface area contributed by atoms with Gasteiger partial charge in [-0.05, 0) is 49.4 Å². The van der Waals surface area contributed by atoms with Gasteiger partial charge in [0.2, 0.25) is 12.2 Å². The van der Waals surface area contributed by atoms with Gasteiger partial charge >= 0.3 is 0 Å². The molecule has 0 saturated heterocycles. The van der Waals surface area contributed by atoms with Crippen molar-refractivity contribution in [1.29, 1.82) is 10.8 Å². The second-order valence-electron chi connectivity index (χ2n) is 3.35. The maximum absolute atomic E-state index is 8.35. The van der Waals surface area contributed by atoms with Crippen LogP contribution in [0.1, 0.15) is 29.2 Å². The van der Waals surface area contributed by atoms with Crippen LogP contribution in [-0.4, -0.2) is 12.2 Å². The van der Waals surface area contributed by atoms with E-state index in [1.807, 2.05) is 0 Å². The summed E-state index contributed by atoms with van der Waals surface area (Å²) < 4.78 is 0. The summed E-state index contributed by atoms with van der Waals surface area (Å²) in [6, 6.07) is 4.44. The Bertz CT molecular complexity index is 402. The number of aryl methyl sites for hydroxylation is 2. The molecule has 0 aliphatic rings. The Kier molecular flexibility index (Phi) is 10.7. The zero-order valence-corrected chi connectivity index (χ0v) is 10.7. The second kappa shape index (κ2) is 10.5. The molecule has 4 nitrogen and oxygen atoms in total. The van der Waals surface area contributed by atoms with Crippen molar-refractivity contribution in [3.8, 4) is 0 Å². The minimum absolute atomic E-state index is 0.750. The molecule has 0 bridgehead atoms. The molecule has 0 fully saturated rings. The number of benzene rings is 1. The Hall–Kier alpha value is -2.02. The van der Waals surface area contributed by atoms with Crippen LogP contribution in [0.2, 0.25) is 0 Å². The van der Waals surface area contributed by atoms with Crippen LogP contribution in [0.3, 0.4) is 0 Å². The van der Waals surface area contributed by atoms with Crippen LogP contribution in [0.4, 0.5) is 0 Å². The summed E-state index contributed by atoms with van der Waals surface area (Å²) in [6.45, 7) is 8.78. The van der Waals surface area contributed by atoms with Crippen molar-refractivity contribution in [2.75, 3.05) is 0 Å². The van der Waals surface area contributed by atoms with Gasteiger partial charge in [-0.15, -0.1) is 0 Å². The van der Waals surface area contributed by atoms with Gasteiger partial charge in [0.1, 0.15) is 0 Å². The smallest absolute Gasteiger partial charge is 0.222 e. The van der Waals surface area contributed by atoms with Gasteiger partial charge in [0.25, 0.3) is 0 Å². The summed E-state index contributed by atoms with van der Waals surface area (Å²) in [7, 11) is 0. The summed E-state index contributed by atoms with van der Waals surface area (Å²) in [5, 5.41) is 10.8. The summed E-state index contributed by atoms with van der Waals surface area (Å²) in [5.74, 6) is 0. The minimum atomic E-state index is 0.750. The van der Waals surface area contributed by atoms with E-state index in [2.05, 4.69) is 39.8 Å². The molecule has 0 unspecified atom stereocenters. The Morgan fingerprint density at radius 1 is 1.00 bits per heavy atom. The molecule has 0 aliphatic carbocycles. The highest BCUT2D eigenvalue weighted by Gasteiger charge is 2.00. The first-order chi connectivity index (χ1) is 7.99. The number of hydrogen-bond acceptors (Lipinski definition) is 4. The van der Waals surface area contributed by atoms with Crippen LogP contribution >= 0.6 is 0 Å². The molecule has 92 valence electrons. The standard InChI is InChI=1S/C11H16.2CHNO/c1-5-11-7-6-8(2)9(3)10(11)4;2*2-1-3/h6-7H,5H2,1-4H3;2*2H. The van der Waals surface area contributed by atoms with Crippen LogP contribution < -0.4 is 0 Å². The lowest BCUT2D eigenvalue weighted by Gasteiger charge is -2.08. The van der Waals surface area contributed by atoms with Crippen LogP contribution in [0.25, 0.3) is 0 Å². The third-order valence-corrected chi connectivity index (χ3v) is 2.55. The number of nitrogens with one attached hydrogen (secondary N) is 2. The molecule has 0 heterocycles. The highest BCUT2D eigenvalue weighted by molar-refractivity contribution is 5.38. The fourth-order valence-electron chi connectivity index (χ4n) is 1.40. The Balaban J connectivity index is 0. The molecule has 2 N–H and O–H groups in total. The maximum Gasteiger partial charge on any atom is 0.231 e. The largest absolute Gasteiger partial charge is 0.231 e. The van der Waals surface area contributed by atoms with Crippen LogP contribution in [0.5, 0.6) is 0 Å². The van der Waals surface area contributed by atoms with Gasteiger partial charge in [0.05, 0.1) is 0 Å². The normalized spacial score (nSPS) is 7.53. The van der Waals surface area contributed by atoms with E-state index in [1.165, 1.54) is 22.3 Å². The second-order valence-corrected chi connectivity index (χ2v) is 3.35. The van der Waals surface area contributed by atoms with Crippen LogP contribution in [0, 0.1) is 31.6 Å². The zero-order chi connectivity index (χ0) is 13.8. The highest BCUT2D eigenvalue weighted by Crippen LogP contribution is 2.16. The molecule has 17 heavy (non-hydrogen) atoms. The van der Waals surface area contributed by atoms with Crippen molar-refractivity contribution >= 4 is 12.2 Å². The van der Waals surface area contributed by atoms with E-state index in [0.717, 1.165) is 18.6 Å². The molecule has 0 spiro atoms. The SMILES string of the molecule is CCc1ccc(C)c(C)c1C.N=C=O.N=C=O. The van der Waals surface area contributed by atoms with Crippen molar-refractivity contribution in [3.05, 3.63) is 34.4 Å². The molecule has 0 radical (unpaired) electrons. The Morgan fingerprint density at radius 3 is 1.76 bits per heavy atom. The number of rotatable bonds is 1. The fraction of sp³-hybridized carbons (Fsp3) is 0.385. The molecule has 0 atom stereocenters. The lowest BCUT2D eigenvalue weighted by atomic mass is 9.98. The van der Waals surface area contributed by atoms with Gasteiger partial charge < -0.3 is 0 Å². The molecule has 1 aromatic carbocycles. The first kappa shape index (κ1) is 17.4. The monoisotopic (exact) mass is 234 g/mol. The van der Waals surface area contributed by atoms with Crippen molar-refractivity contribution < 1.29 is 9.59 Å². The Morgan fingerprint density at radius 2 is 1.41 bits per heavy atom. The topological polar surface area (TPSA) is 81.8 Å². The van der Waals surface area contributed by atoms with Crippen molar-refractivity contribution in [2.45, 2.75) is 34.1 Å². The van der Waals surface area contributed by atoms with Gasteiger partial charge in [-0.1, -0.05) is 19.1 Å². The Labute approximate surface area is 102 Å². The van der Waals surface area contributed by atoms with Gasteiger partial charge in [-0.25, -0.2) is 20.4 Å². The summed E-state index contributed by atoms with van der Waals surface area (Å²) >= 11 is 0. The molecule has 0 aromatic heterocycles. The first-order valence-corrected chi connectivity index (χ1v) is 5.13. The van der Waals surface area contributed by atoms with Crippen LogP contribution in [0.15, 0.2) is 12.1 Å². The average molecular weight is 234 g/mol. The van der Waals surface area contributed by atoms with E-state index in [0.29, 0.717) is 0 Å². The minimum Gasteiger partial charge on any atom is -0.222 e. The van der Waals surface area contributed by atoms with Crippen molar-refractivity contribution in [2.24, 2.45) is 0 Å². The number of hydrogen-bond donors (Lipinski definition) is 2. The van der Waals surface area contributed by atoms with Crippen molar-refractivity contribution in [3.63, 3.8) is 0 Å². The van der Waals surface area contributed by atoms with E-state index in [9.17, 15) is 0 Å². The fourth-order valence-corrected chi connectivity index (χ4v) is 1.40. The summed E-state index contributed by atoms with van der Waals surface area (Å²) in [5.41, 5.74) is 5.80. The predicted octanol–water partition coefficient (Wildman–Crippen LogP) is 2.98. The summed E-state index contributed by atoms with van der Waals surface area (Å²) in [4.78, 5) is 16.7. The van der Waals surface area contributed by atoms with Gasteiger partial charge in [-0.2, -0.15) is 0 Å². The third-order valence-electron chi connectivity index (χ3n) is 2.55. The molecule has 1 aromatic rings. The van der Waals surface area contributed by atoms with E-state index >= 15 is 0 Å². The number of carbonyl (C=O) groups excluding carboxylic acids is 2. The lowest BCUT2D eigenvalue weighted by Crippen LogP contribution is -1.92. The number of isocyanates is 2. The predicted molar refractivity (Wildman–Crippen MR) is 66.9 cm³/mol. The quantitative estimate of drug-likeness (QED) is 0.578. The molecular formula is C13H18N2O2. The first-order valence-electron chi connectivity index (χ1n) is 5.13. The third kappa shape index (κ3) is 6.96. The zero-order valence-electron chi connectivity index (χ0n) is 10.7. The summed E-state index contributed by atoms with van der Waals surface area (Å²) in [6.07, 6.45) is 2.65. The average Bonchev–Trinajstić information content (AvgIpc) is 2.29. The molecule has 0 saturated carbocycles. The van der Waals surface area contributed by atoms with E-state index in [4.69, 9.17) is 20.4 Å². The molecule has 0 aliphatic heterocycles. The van der Waals surface area contributed by atoms with Gasteiger partial charge in [-0.3, -0.25) is 0 Å². The molecular weight excluding hydrogens is 216 g/mol. The van der Waals surface area contributed by atoms with Crippen LogP contribution in [-0.2, 0) is 16.0 Å². The molecule has 4 heteroatoms. The van der Waals surface area contributed by atoms with E-state index < -0.39 is 0 Å². The molecule has 0 amide bonds. The molecule has 1 rings (SSSR count). The van der Waals surface area contributed by atoms with E-state index in [-0.39, 0.29) is 0 Å². The van der Waals surface area contributed by atoms with Gasteiger partial charge in [0, 0.05) is 0 Å².